The molecule has 0 radical (unpaired) electrons. The summed E-state index contributed by atoms with van der Waals surface area (Å²) in [6.45, 7) is 4.44. The van der Waals surface area contributed by atoms with Gasteiger partial charge in [0.2, 0.25) is 0 Å². The lowest BCUT2D eigenvalue weighted by Gasteiger charge is -2.15. The Labute approximate surface area is 79.9 Å². The van der Waals surface area contributed by atoms with Gasteiger partial charge in [0.1, 0.15) is 0 Å². The van der Waals surface area contributed by atoms with E-state index in [0.717, 1.165) is 5.69 Å². The summed E-state index contributed by atoms with van der Waals surface area (Å²) in [5.74, 6) is 0. The predicted octanol–water partition coefficient (Wildman–Crippen LogP) is 2.79. The first kappa shape index (κ1) is 10.1. The average Bonchev–Trinajstić information content (AvgIpc) is 2.64. The summed E-state index contributed by atoms with van der Waals surface area (Å²) in [5, 5.41) is 10.2. The number of hydrogen-bond acceptors (Lipinski definition) is 2. The topological polar surface area (TPSA) is 40.7 Å². The third kappa shape index (κ3) is 3.49. The number of anilines is 1. The van der Waals surface area contributed by atoms with Crippen molar-refractivity contribution < 1.29 is 0 Å². The summed E-state index contributed by atoms with van der Waals surface area (Å²) in [7, 11) is 0. The number of nitrogens with one attached hydrogen (secondary N) is 2. The maximum Gasteiger partial charge on any atom is 0.0725 e. The van der Waals surface area contributed by atoms with Gasteiger partial charge in [-0.15, -0.1) is 0 Å². The van der Waals surface area contributed by atoms with Crippen molar-refractivity contribution in [2.45, 2.75) is 45.6 Å². The number of unbranched alkanes of at least 4 members (excludes halogenated alkanes) is 1. The molecule has 1 atom stereocenters. The predicted molar refractivity (Wildman–Crippen MR) is 55.8 cm³/mol. The molecule has 1 aromatic rings. The van der Waals surface area contributed by atoms with Gasteiger partial charge in [-0.2, -0.15) is 5.10 Å². The Morgan fingerprint density at radius 1 is 1.54 bits per heavy atom. The second kappa shape index (κ2) is 5.62. The van der Waals surface area contributed by atoms with Gasteiger partial charge in [-0.05, 0) is 12.8 Å². The quantitative estimate of drug-likeness (QED) is 0.708. The van der Waals surface area contributed by atoms with Gasteiger partial charge < -0.3 is 5.32 Å². The van der Waals surface area contributed by atoms with Gasteiger partial charge in [0.15, 0.2) is 0 Å². The van der Waals surface area contributed by atoms with Crippen LogP contribution in [0.3, 0.4) is 0 Å². The molecule has 0 saturated heterocycles. The van der Waals surface area contributed by atoms with E-state index in [-0.39, 0.29) is 0 Å². The van der Waals surface area contributed by atoms with Crippen LogP contribution in [0.1, 0.15) is 39.5 Å². The molecule has 0 aliphatic rings. The zero-order valence-electron chi connectivity index (χ0n) is 8.51. The highest BCUT2D eigenvalue weighted by Gasteiger charge is 2.04. The molecule has 13 heavy (non-hydrogen) atoms. The van der Waals surface area contributed by atoms with Gasteiger partial charge in [-0.1, -0.05) is 26.7 Å². The van der Waals surface area contributed by atoms with Crippen molar-refractivity contribution in [2.75, 3.05) is 5.32 Å². The van der Waals surface area contributed by atoms with Crippen LogP contribution in [0.4, 0.5) is 5.69 Å². The Bertz CT molecular complexity index is 206. The van der Waals surface area contributed by atoms with Crippen LogP contribution < -0.4 is 5.32 Å². The summed E-state index contributed by atoms with van der Waals surface area (Å²) < 4.78 is 0. The normalized spacial score (nSPS) is 12.8. The molecule has 1 heterocycles. The highest BCUT2D eigenvalue weighted by molar-refractivity contribution is 5.38. The van der Waals surface area contributed by atoms with Crippen molar-refractivity contribution in [3.63, 3.8) is 0 Å². The number of hydrogen-bond donors (Lipinski definition) is 2. The lowest BCUT2D eigenvalue weighted by Crippen LogP contribution is -2.17. The molecule has 0 fully saturated rings. The van der Waals surface area contributed by atoms with E-state index in [4.69, 9.17) is 0 Å². The van der Waals surface area contributed by atoms with Crippen LogP contribution in [0.15, 0.2) is 12.4 Å². The summed E-state index contributed by atoms with van der Waals surface area (Å²) in [6, 6.07) is 0.595. The molecule has 0 spiro atoms. The first-order valence-electron chi connectivity index (χ1n) is 5.12. The third-order valence-electron chi connectivity index (χ3n) is 2.27. The minimum atomic E-state index is 0.595. The maximum absolute atomic E-state index is 3.90. The van der Waals surface area contributed by atoms with Crippen molar-refractivity contribution in [3.05, 3.63) is 12.4 Å². The van der Waals surface area contributed by atoms with E-state index >= 15 is 0 Å². The van der Waals surface area contributed by atoms with Crippen LogP contribution in [0.2, 0.25) is 0 Å². The van der Waals surface area contributed by atoms with Crippen molar-refractivity contribution in [1.82, 2.24) is 10.2 Å². The summed E-state index contributed by atoms with van der Waals surface area (Å²) in [5.41, 5.74) is 1.10. The van der Waals surface area contributed by atoms with Gasteiger partial charge in [-0.25, -0.2) is 0 Å². The van der Waals surface area contributed by atoms with E-state index in [0.29, 0.717) is 6.04 Å². The second-order valence-corrected chi connectivity index (χ2v) is 3.38. The number of aromatic nitrogens is 2. The number of aromatic amines is 1. The molecule has 1 rings (SSSR count). The maximum atomic E-state index is 3.90. The standard InChI is InChI=1S/C10H19N3/c1-3-5-6-9(4-2)13-10-7-11-12-8-10/h7-9,13H,3-6H2,1-2H3,(H,11,12). The van der Waals surface area contributed by atoms with E-state index in [2.05, 4.69) is 29.4 Å². The van der Waals surface area contributed by atoms with E-state index in [1.807, 2.05) is 12.4 Å². The molecule has 3 heteroatoms. The van der Waals surface area contributed by atoms with Crippen molar-refractivity contribution in [2.24, 2.45) is 0 Å². The minimum Gasteiger partial charge on any atom is -0.380 e. The lowest BCUT2D eigenvalue weighted by atomic mass is 10.1. The Morgan fingerprint density at radius 2 is 2.38 bits per heavy atom. The zero-order chi connectivity index (χ0) is 9.52. The molecule has 0 bridgehead atoms. The Balaban J connectivity index is 2.31. The van der Waals surface area contributed by atoms with Crippen molar-refractivity contribution in [3.8, 4) is 0 Å². The summed E-state index contributed by atoms with van der Waals surface area (Å²) >= 11 is 0. The van der Waals surface area contributed by atoms with Gasteiger partial charge in [-0.3, -0.25) is 5.10 Å². The first-order chi connectivity index (χ1) is 6.36. The van der Waals surface area contributed by atoms with Crippen LogP contribution in [0, 0.1) is 0 Å². The Morgan fingerprint density at radius 3 is 2.92 bits per heavy atom. The molecule has 0 saturated carbocycles. The van der Waals surface area contributed by atoms with Gasteiger partial charge in [0.05, 0.1) is 11.9 Å². The van der Waals surface area contributed by atoms with Crippen molar-refractivity contribution >= 4 is 5.69 Å². The molecule has 0 aromatic carbocycles. The molecular weight excluding hydrogens is 162 g/mol. The summed E-state index contributed by atoms with van der Waals surface area (Å²) in [6.07, 6.45) is 8.71. The average molecular weight is 181 g/mol. The molecule has 74 valence electrons. The SMILES string of the molecule is CCCCC(CC)Nc1cn[nH]c1. The highest BCUT2D eigenvalue weighted by atomic mass is 15.1. The van der Waals surface area contributed by atoms with E-state index < -0.39 is 0 Å². The largest absolute Gasteiger partial charge is 0.380 e. The second-order valence-electron chi connectivity index (χ2n) is 3.38. The fourth-order valence-corrected chi connectivity index (χ4v) is 1.39. The molecule has 0 aliphatic heterocycles. The van der Waals surface area contributed by atoms with Crippen LogP contribution in [-0.4, -0.2) is 16.2 Å². The van der Waals surface area contributed by atoms with E-state index in [1.54, 1.807) is 0 Å². The molecule has 1 aromatic heterocycles. The molecule has 0 amide bonds. The highest BCUT2D eigenvalue weighted by Crippen LogP contribution is 2.11. The molecule has 1 unspecified atom stereocenters. The van der Waals surface area contributed by atoms with Gasteiger partial charge in [0.25, 0.3) is 0 Å². The fourth-order valence-electron chi connectivity index (χ4n) is 1.39. The number of nitrogens with zero attached hydrogens (tertiary/aromatic N) is 1. The fraction of sp³-hybridized carbons (Fsp3) is 0.700. The smallest absolute Gasteiger partial charge is 0.0725 e. The minimum absolute atomic E-state index is 0.595. The first-order valence-corrected chi connectivity index (χ1v) is 5.12. The van der Waals surface area contributed by atoms with E-state index in [1.165, 1.54) is 25.7 Å². The Hall–Kier alpha value is -0.990. The molecule has 2 N–H and O–H groups in total. The van der Waals surface area contributed by atoms with Gasteiger partial charge in [0, 0.05) is 12.2 Å². The van der Waals surface area contributed by atoms with Crippen LogP contribution in [0.5, 0.6) is 0 Å². The van der Waals surface area contributed by atoms with E-state index in [9.17, 15) is 0 Å². The zero-order valence-corrected chi connectivity index (χ0v) is 8.51. The number of rotatable bonds is 6. The van der Waals surface area contributed by atoms with Crippen LogP contribution in [0.25, 0.3) is 0 Å². The molecule has 3 nitrogen and oxygen atoms in total. The number of H-pyrrole nitrogens is 1. The lowest BCUT2D eigenvalue weighted by molar-refractivity contribution is 0.593. The summed E-state index contributed by atoms with van der Waals surface area (Å²) in [4.78, 5) is 0. The van der Waals surface area contributed by atoms with Gasteiger partial charge >= 0.3 is 0 Å². The van der Waals surface area contributed by atoms with Crippen molar-refractivity contribution in [1.29, 1.82) is 0 Å². The third-order valence-corrected chi connectivity index (χ3v) is 2.27. The molecule has 0 aliphatic carbocycles. The molecular formula is C10H19N3. The Kier molecular flexibility index (Phi) is 4.36. The monoisotopic (exact) mass is 181 g/mol. The van der Waals surface area contributed by atoms with Crippen LogP contribution >= 0.6 is 0 Å². The van der Waals surface area contributed by atoms with Crippen LogP contribution in [-0.2, 0) is 0 Å².